The molecule has 0 bridgehead atoms. The second-order valence-electron chi connectivity index (χ2n) is 4.86. The van der Waals surface area contributed by atoms with E-state index in [1.54, 1.807) is 0 Å². The summed E-state index contributed by atoms with van der Waals surface area (Å²) in [5, 5.41) is 19.7. The molecule has 5 heteroatoms. The first-order valence-corrected chi connectivity index (χ1v) is 7.64. The Morgan fingerprint density at radius 2 is 1.79 bits per heavy atom. The average Bonchev–Trinajstić information content (AvgIpc) is 2.87. The minimum atomic E-state index is -0.127. The van der Waals surface area contributed by atoms with Gasteiger partial charge < -0.3 is 15.1 Å². The van der Waals surface area contributed by atoms with Crippen LogP contribution in [0.5, 0.6) is 11.5 Å². The van der Waals surface area contributed by atoms with Gasteiger partial charge >= 0.3 is 0 Å². The average molecular weight is 328 g/mol. The fourth-order valence-electron chi connectivity index (χ4n) is 2.64. The lowest BCUT2D eigenvalue weighted by atomic mass is 10.1. The van der Waals surface area contributed by atoms with Crippen LogP contribution in [-0.2, 0) is 0 Å². The van der Waals surface area contributed by atoms with Crippen molar-refractivity contribution in [1.82, 2.24) is 4.90 Å². The van der Waals surface area contributed by atoms with Gasteiger partial charge in [-0.15, -0.1) is 0 Å². The van der Waals surface area contributed by atoms with Crippen LogP contribution in [0.1, 0.15) is 36.0 Å². The zero-order valence-corrected chi connectivity index (χ0v) is 12.3. The quantitative estimate of drug-likeness (QED) is 0.836. The van der Waals surface area contributed by atoms with Crippen molar-refractivity contribution in [3.05, 3.63) is 23.8 Å². The number of amides is 1. The maximum absolute atomic E-state index is 12.5. The summed E-state index contributed by atoms with van der Waals surface area (Å²) in [6.45, 7) is 0.639. The van der Waals surface area contributed by atoms with Crippen LogP contribution in [0.4, 0.5) is 0 Å². The van der Waals surface area contributed by atoms with E-state index in [4.69, 9.17) is 0 Å². The number of benzene rings is 1. The molecular weight excluding hydrogens is 310 g/mol. The molecule has 1 aliphatic carbocycles. The number of phenols is 2. The molecule has 19 heavy (non-hydrogen) atoms. The van der Waals surface area contributed by atoms with E-state index >= 15 is 0 Å². The van der Waals surface area contributed by atoms with E-state index in [1.807, 2.05) is 4.90 Å². The summed E-state index contributed by atoms with van der Waals surface area (Å²) in [5.41, 5.74) is 0.338. The highest BCUT2D eigenvalue weighted by Gasteiger charge is 2.27. The van der Waals surface area contributed by atoms with Crippen LogP contribution in [-0.4, -0.2) is 38.9 Å². The highest BCUT2D eigenvalue weighted by molar-refractivity contribution is 9.09. The number of nitrogens with zero attached hydrogens (tertiary/aromatic N) is 1. The van der Waals surface area contributed by atoms with E-state index in [1.165, 1.54) is 18.2 Å². The predicted molar refractivity (Wildman–Crippen MR) is 76.9 cm³/mol. The largest absolute Gasteiger partial charge is 0.508 e. The molecule has 4 nitrogen and oxygen atoms in total. The molecule has 1 aliphatic rings. The predicted octanol–water partition coefficient (Wildman–Crippen LogP) is 2.88. The molecule has 1 saturated carbocycles. The van der Waals surface area contributed by atoms with Gasteiger partial charge in [0.05, 0.1) is 0 Å². The number of phenolic OH excluding ortho intramolecular Hbond substituents is 2. The van der Waals surface area contributed by atoms with Crippen molar-refractivity contribution in [2.45, 2.75) is 31.7 Å². The van der Waals surface area contributed by atoms with Crippen molar-refractivity contribution in [3.8, 4) is 11.5 Å². The third-order valence-electron chi connectivity index (χ3n) is 3.50. The molecule has 0 unspecified atom stereocenters. The Labute approximate surface area is 121 Å². The maximum Gasteiger partial charge on any atom is 0.254 e. The smallest absolute Gasteiger partial charge is 0.254 e. The summed E-state index contributed by atoms with van der Waals surface area (Å²) >= 11 is 3.37. The summed E-state index contributed by atoms with van der Waals surface area (Å²) in [7, 11) is 0. The SMILES string of the molecule is O=C(c1cc(O)cc(O)c1)N(CCBr)C1CCCC1. The molecule has 0 heterocycles. The zero-order valence-electron chi connectivity index (χ0n) is 10.7. The number of rotatable bonds is 4. The van der Waals surface area contributed by atoms with Gasteiger partial charge in [0.25, 0.3) is 5.91 Å². The molecule has 0 saturated heterocycles. The van der Waals surface area contributed by atoms with Crippen molar-refractivity contribution in [1.29, 1.82) is 0 Å². The fourth-order valence-corrected chi connectivity index (χ4v) is 3.02. The molecule has 0 aromatic heterocycles. The first-order chi connectivity index (χ1) is 9.11. The van der Waals surface area contributed by atoms with Crippen molar-refractivity contribution >= 4 is 21.8 Å². The van der Waals surface area contributed by atoms with Crippen LogP contribution < -0.4 is 0 Å². The van der Waals surface area contributed by atoms with Crippen LogP contribution >= 0.6 is 15.9 Å². The van der Waals surface area contributed by atoms with Gasteiger partial charge in [0.1, 0.15) is 11.5 Å². The summed E-state index contributed by atoms with van der Waals surface area (Å²) in [6.07, 6.45) is 4.37. The summed E-state index contributed by atoms with van der Waals surface area (Å²) in [4.78, 5) is 14.4. The summed E-state index contributed by atoms with van der Waals surface area (Å²) in [6, 6.07) is 4.30. The zero-order chi connectivity index (χ0) is 13.8. The van der Waals surface area contributed by atoms with Gasteiger partial charge in [0.15, 0.2) is 0 Å². The van der Waals surface area contributed by atoms with E-state index in [9.17, 15) is 15.0 Å². The highest BCUT2D eigenvalue weighted by atomic mass is 79.9. The molecule has 0 spiro atoms. The van der Waals surface area contributed by atoms with Crippen molar-refractivity contribution in [2.24, 2.45) is 0 Å². The lowest BCUT2D eigenvalue weighted by Crippen LogP contribution is -2.40. The normalized spacial score (nSPS) is 15.6. The summed E-state index contributed by atoms with van der Waals surface area (Å²) in [5.74, 6) is -0.306. The molecule has 104 valence electrons. The standard InChI is InChI=1S/C14H18BrNO3/c15-5-6-16(11-3-1-2-4-11)14(19)10-7-12(17)9-13(18)8-10/h7-9,11,17-18H,1-6H2. The molecule has 0 radical (unpaired) electrons. The molecular formula is C14H18BrNO3. The Morgan fingerprint density at radius 3 is 2.32 bits per heavy atom. The Balaban J connectivity index is 2.22. The molecule has 1 aromatic carbocycles. The number of alkyl halides is 1. The van der Waals surface area contributed by atoms with Gasteiger partial charge in [-0.2, -0.15) is 0 Å². The van der Waals surface area contributed by atoms with Crippen molar-refractivity contribution in [3.63, 3.8) is 0 Å². The number of halogens is 1. The molecule has 2 rings (SSSR count). The van der Waals surface area contributed by atoms with E-state index in [0.29, 0.717) is 12.1 Å². The lowest BCUT2D eigenvalue weighted by Gasteiger charge is -2.28. The molecule has 1 fully saturated rings. The maximum atomic E-state index is 12.5. The number of carbonyl (C=O) groups is 1. The monoisotopic (exact) mass is 327 g/mol. The van der Waals surface area contributed by atoms with Gasteiger partial charge in [0.2, 0.25) is 0 Å². The van der Waals surface area contributed by atoms with Crippen molar-refractivity contribution < 1.29 is 15.0 Å². The topological polar surface area (TPSA) is 60.8 Å². The number of hydrogen-bond acceptors (Lipinski definition) is 3. The van der Waals surface area contributed by atoms with Crippen LogP contribution in [0.2, 0.25) is 0 Å². The van der Waals surface area contributed by atoms with E-state index in [2.05, 4.69) is 15.9 Å². The molecule has 0 aliphatic heterocycles. The van der Waals surface area contributed by atoms with Gasteiger partial charge in [-0.3, -0.25) is 4.79 Å². The van der Waals surface area contributed by atoms with Gasteiger partial charge in [-0.1, -0.05) is 28.8 Å². The Kier molecular flexibility index (Phi) is 4.69. The minimum Gasteiger partial charge on any atom is -0.508 e. The Bertz CT molecular complexity index is 438. The number of hydrogen-bond donors (Lipinski definition) is 2. The Hall–Kier alpha value is -1.23. The van der Waals surface area contributed by atoms with E-state index in [0.717, 1.165) is 31.0 Å². The highest BCUT2D eigenvalue weighted by Crippen LogP contribution is 2.27. The van der Waals surface area contributed by atoms with Crippen LogP contribution in [0.25, 0.3) is 0 Å². The second-order valence-corrected chi connectivity index (χ2v) is 5.66. The molecule has 2 N–H and O–H groups in total. The third kappa shape index (κ3) is 3.41. The van der Waals surface area contributed by atoms with Gasteiger partial charge in [-0.05, 0) is 25.0 Å². The second kappa shape index (κ2) is 6.28. The first kappa shape index (κ1) is 14.2. The lowest BCUT2D eigenvalue weighted by molar-refractivity contribution is 0.0695. The van der Waals surface area contributed by atoms with Crippen molar-refractivity contribution in [2.75, 3.05) is 11.9 Å². The minimum absolute atomic E-state index is 0.0893. The van der Waals surface area contributed by atoms with Gasteiger partial charge in [-0.25, -0.2) is 0 Å². The number of aromatic hydroxyl groups is 2. The number of carbonyl (C=O) groups excluding carboxylic acids is 1. The van der Waals surface area contributed by atoms with Gasteiger partial charge in [0, 0.05) is 29.5 Å². The van der Waals surface area contributed by atoms with Crippen LogP contribution in [0, 0.1) is 0 Å². The van der Waals surface area contributed by atoms with Crippen LogP contribution in [0.3, 0.4) is 0 Å². The molecule has 1 aromatic rings. The third-order valence-corrected chi connectivity index (χ3v) is 3.86. The first-order valence-electron chi connectivity index (χ1n) is 6.52. The molecule has 1 amide bonds. The van der Waals surface area contributed by atoms with Crippen LogP contribution in [0.15, 0.2) is 18.2 Å². The fraction of sp³-hybridized carbons (Fsp3) is 0.500. The Morgan fingerprint density at radius 1 is 1.21 bits per heavy atom. The molecule has 0 atom stereocenters. The van der Waals surface area contributed by atoms with E-state index < -0.39 is 0 Å². The van der Waals surface area contributed by atoms with E-state index in [-0.39, 0.29) is 23.4 Å². The summed E-state index contributed by atoms with van der Waals surface area (Å²) < 4.78 is 0.